The van der Waals surface area contributed by atoms with Crippen molar-refractivity contribution in [1.29, 1.82) is 0 Å². The van der Waals surface area contributed by atoms with Crippen LogP contribution in [0.25, 0.3) is 0 Å². The van der Waals surface area contributed by atoms with E-state index >= 15 is 0 Å². The summed E-state index contributed by atoms with van der Waals surface area (Å²) in [5.41, 5.74) is 0. The van der Waals surface area contributed by atoms with E-state index in [2.05, 4.69) is 0 Å². The van der Waals surface area contributed by atoms with Crippen LogP contribution >= 0.6 is 0 Å². The molecule has 0 saturated heterocycles. The smallest absolute Gasteiger partial charge is 0.100 e. The fraction of sp³-hybridized carbons (Fsp3) is 1.00. The summed E-state index contributed by atoms with van der Waals surface area (Å²) in [7, 11) is 0. The van der Waals surface area contributed by atoms with Crippen molar-refractivity contribution in [2.24, 2.45) is 0 Å². The monoisotopic (exact) mass is 378 g/mol. The van der Waals surface area contributed by atoms with Gasteiger partial charge in [-0.1, -0.05) is 89.9 Å². The van der Waals surface area contributed by atoms with E-state index < -0.39 is 6.10 Å². The van der Waals surface area contributed by atoms with Gasteiger partial charge in [0.1, 0.15) is 6.10 Å². The highest BCUT2D eigenvalue weighted by atomic mass is 16.3. The molecule has 0 aliphatic rings. The van der Waals surface area contributed by atoms with E-state index in [4.69, 9.17) is 25.5 Å². The molecule has 160 valence electrons. The second kappa shape index (κ2) is 27.0. The van der Waals surface area contributed by atoms with Crippen molar-refractivity contribution in [2.75, 3.05) is 26.4 Å². The van der Waals surface area contributed by atoms with Gasteiger partial charge in [-0.05, 0) is 12.8 Å². The summed E-state index contributed by atoms with van der Waals surface area (Å²) in [6.45, 7) is -0.00410. The zero-order valence-corrected chi connectivity index (χ0v) is 17.0. The largest absolute Gasteiger partial charge is 0.396 e. The molecule has 0 radical (unpaired) electrons. The first-order chi connectivity index (χ1) is 12.7. The van der Waals surface area contributed by atoms with Gasteiger partial charge in [-0.15, -0.1) is 0 Å². The molecule has 0 atom stereocenters. The van der Waals surface area contributed by atoms with E-state index in [9.17, 15) is 0 Å². The van der Waals surface area contributed by atoms with Crippen molar-refractivity contribution < 1.29 is 25.5 Å². The third-order valence-electron chi connectivity index (χ3n) is 4.49. The average Bonchev–Trinajstić information content (AvgIpc) is 2.67. The lowest BCUT2D eigenvalue weighted by Gasteiger charge is -2.03. The SMILES string of the molecule is OCC(O)CO.OCCCCCCCCCCCCCCCCCCO. The van der Waals surface area contributed by atoms with E-state index in [1.807, 2.05) is 0 Å². The summed E-state index contributed by atoms with van der Waals surface area (Å²) in [5, 5.41) is 41.4. The summed E-state index contributed by atoms with van der Waals surface area (Å²) < 4.78 is 0. The maximum Gasteiger partial charge on any atom is 0.100 e. The molecule has 0 spiro atoms. The van der Waals surface area contributed by atoms with E-state index in [0.29, 0.717) is 13.2 Å². The number of rotatable bonds is 19. The van der Waals surface area contributed by atoms with E-state index in [1.165, 1.54) is 89.9 Å². The molecule has 0 unspecified atom stereocenters. The molecule has 0 amide bonds. The molecule has 5 N–H and O–H groups in total. The van der Waals surface area contributed by atoms with Gasteiger partial charge in [0.05, 0.1) is 13.2 Å². The second-order valence-corrected chi connectivity index (χ2v) is 7.12. The van der Waals surface area contributed by atoms with Crippen LogP contribution in [-0.2, 0) is 0 Å². The van der Waals surface area contributed by atoms with Gasteiger partial charge in [-0.25, -0.2) is 0 Å². The van der Waals surface area contributed by atoms with Gasteiger partial charge < -0.3 is 25.5 Å². The molecule has 0 saturated carbocycles. The van der Waals surface area contributed by atoms with Crippen LogP contribution in [0.15, 0.2) is 0 Å². The number of hydrogen-bond acceptors (Lipinski definition) is 5. The van der Waals surface area contributed by atoms with Gasteiger partial charge >= 0.3 is 0 Å². The Morgan fingerprint density at radius 2 is 0.538 bits per heavy atom. The zero-order chi connectivity index (χ0) is 19.7. The van der Waals surface area contributed by atoms with Gasteiger partial charge in [0.2, 0.25) is 0 Å². The first-order valence-electron chi connectivity index (χ1n) is 10.8. The maximum atomic E-state index is 8.67. The van der Waals surface area contributed by atoms with E-state index in [1.54, 1.807) is 0 Å². The number of aliphatic hydroxyl groups is 5. The molecule has 0 bridgehead atoms. The third-order valence-corrected chi connectivity index (χ3v) is 4.49. The van der Waals surface area contributed by atoms with Crippen molar-refractivity contribution in [1.82, 2.24) is 0 Å². The van der Waals surface area contributed by atoms with Crippen molar-refractivity contribution >= 4 is 0 Å². The Kier molecular flexibility index (Phi) is 29.1. The lowest BCUT2D eigenvalue weighted by atomic mass is 10.0. The normalized spacial score (nSPS) is 10.8. The van der Waals surface area contributed by atoms with Gasteiger partial charge in [-0.2, -0.15) is 0 Å². The van der Waals surface area contributed by atoms with Crippen LogP contribution in [0, 0.1) is 0 Å². The van der Waals surface area contributed by atoms with Crippen molar-refractivity contribution in [3.8, 4) is 0 Å². The standard InChI is InChI=1S/C18H38O2.C3H8O3/c19-17-15-13-11-9-7-5-3-1-2-4-6-8-10-12-14-16-18-20;4-1-3(6)2-5/h19-20H,1-18H2;3-6H,1-2H2. The summed E-state index contributed by atoms with van der Waals surface area (Å²) in [4.78, 5) is 0. The fourth-order valence-electron chi connectivity index (χ4n) is 2.76. The van der Waals surface area contributed by atoms with E-state index in [0.717, 1.165) is 12.8 Å². The summed E-state index contributed by atoms with van der Waals surface area (Å²) in [5.74, 6) is 0. The minimum Gasteiger partial charge on any atom is -0.396 e. The molecule has 0 rings (SSSR count). The Morgan fingerprint density at radius 1 is 0.346 bits per heavy atom. The summed E-state index contributed by atoms with van der Waals surface area (Å²) >= 11 is 0. The molecule has 0 aromatic carbocycles. The van der Waals surface area contributed by atoms with Gasteiger partial charge in [-0.3, -0.25) is 0 Å². The van der Waals surface area contributed by atoms with Crippen LogP contribution in [0.1, 0.15) is 103 Å². The lowest BCUT2D eigenvalue weighted by Crippen LogP contribution is -2.15. The Bertz CT molecular complexity index is 204. The molecular formula is C21H46O5. The topological polar surface area (TPSA) is 101 Å². The molecule has 0 aliphatic carbocycles. The molecule has 26 heavy (non-hydrogen) atoms. The van der Waals surface area contributed by atoms with Crippen LogP contribution < -0.4 is 0 Å². The molecule has 0 aromatic rings. The van der Waals surface area contributed by atoms with Crippen LogP contribution in [0.2, 0.25) is 0 Å². The van der Waals surface area contributed by atoms with Crippen molar-refractivity contribution in [3.63, 3.8) is 0 Å². The molecule has 0 fully saturated rings. The minimum atomic E-state index is -0.954. The first kappa shape index (κ1) is 28.0. The van der Waals surface area contributed by atoms with E-state index in [-0.39, 0.29) is 13.2 Å². The molecule has 0 heterocycles. The molecule has 0 aromatic heterocycles. The first-order valence-corrected chi connectivity index (χ1v) is 10.8. The quantitative estimate of drug-likeness (QED) is 0.221. The van der Waals surface area contributed by atoms with Gasteiger partial charge in [0.25, 0.3) is 0 Å². The predicted octanol–water partition coefficient (Wildman–Crippen LogP) is 3.54. The Hall–Kier alpha value is -0.200. The third kappa shape index (κ3) is 28.6. The van der Waals surface area contributed by atoms with Crippen LogP contribution in [0.5, 0.6) is 0 Å². The number of hydrogen-bond donors (Lipinski definition) is 5. The highest BCUT2D eigenvalue weighted by Crippen LogP contribution is 2.13. The maximum absolute atomic E-state index is 8.67. The second-order valence-electron chi connectivity index (χ2n) is 7.12. The van der Waals surface area contributed by atoms with Crippen LogP contribution in [-0.4, -0.2) is 58.1 Å². The molecule has 5 heteroatoms. The minimum absolute atomic E-state index is 0.363. The molecule has 5 nitrogen and oxygen atoms in total. The van der Waals surface area contributed by atoms with Gasteiger partial charge in [0, 0.05) is 13.2 Å². The van der Waals surface area contributed by atoms with Crippen molar-refractivity contribution in [2.45, 2.75) is 109 Å². The Balaban J connectivity index is 0. The molecule has 0 aliphatic heterocycles. The van der Waals surface area contributed by atoms with Crippen molar-refractivity contribution in [3.05, 3.63) is 0 Å². The van der Waals surface area contributed by atoms with Crippen LogP contribution in [0.3, 0.4) is 0 Å². The summed E-state index contributed by atoms with van der Waals surface area (Å²) in [6.07, 6.45) is 20.0. The summed E-state index contributed by atoms with van der Waals surface area (Å²) in [6, 6.07) is 0. The van der Waals surface area contributed by atoms with Crippen LogP contribution in [0.4, 0.5) is 0 Å². The predicted molar refractivity (Wildman–Crippen MR) is 108 cm³/mol. The lowest BCUT2D eigenvalue weighted by molar-refractivity contribution is 0.0450. The molecular weight excluding hydrogens is 332 g/mol. The highest BCUT2D eigenvalue weighted by Gasteiger charge is 1.95. The fourth-order valence-corrected chi connectivity index (χ4v) is 2.76. The average molecular weight is 379 g/mol. The number of aliphatic hydroxyl groups excluding tert-OH is 5. The zero-order valence-electron chi connectivity index (χ0n) is 17.0. The Labute approximate surface area is 161 Å². The number of unbranched alkanes of at least 4 members (excludes halogenated alkanes) is 15. The Morgan fingerprint density at radius 3 is 0.654 bits per heavy atom. The van der Waals surface area contributed by atoms with Gasteiger partial charge in [0.15, 0.2) is 0 Å². The highest BCUT2D eigenvalue weighted by molar-refractivity contribution is 4.50.